The lowest BCUT2D eigenvalue weighted by Gasteiger charge is -2.27. The van der Waals surface area contributed by atoms with Gasteiger partial charge in [-0.1, -0.05) is 12.1 Å². The Morgan fingerprint density at radius 3 is 2.83 bits per heavy atom. The van der Waals surface area contributed by atoms with E-state index in [2.05, 4.69) is 36.8 Å². The van der Waals surface area contributed by atoms with E-state index in [4.69, 9.17) is 5.73 Å². The van der Waals surface area contributed by atoms with Crippen LogP contribution in [0.3, 0.4) is 0 Å². The first kappa shape index (κ1) is 14.8. The predicted molar refractivity (Wildman–Crippen MR) is 93.0 cm³/mol. The molecule has 0 bridgehead atoms. The van der Waals surface area contributed by atoms with E-state index in [1.807, 2.05) is 31.2 Å². The fraction of sp³-hybridized carbons (Fsp3) is 0.278. The van der Waals surface area contributed by atoms with E-state index in [0.717, 1.165) is 48.8 Å². The van der Waals surface area contributed by atoms with Gasteiger partial charge in [-0.2, -0.15) is 5.10 Å². The summed E-state index contributed by atoms with van der Waals surface area (Å²) in [6, 6.07) is 12.1. The first-order valence-electron chi connectivity index (χ1n) is 8.11. The molecule has 0 aliphatic carbocycles. The number of hydrogen-bond acceptors (Lipinski definition) is 5. The van der Waals surface area contributed by atoms with Gasteiger partial charge in [0.15, 0.2) is 0 Å². The Labute approximate surface area is 141 Å². The van der Waals surface area contributed by atoms with Crippen molar-refractivity contribution >= 4 is 5.82 Å². The highest BCUT2D eigenvalue weighted by Gasteiger charge is 2.19. The maximum absolute atomic E-state index is 5.92. The molecule has 3 aromatic rings. The second kappa shape index (κ2) is 6.05. The Balaban J connectivity index is 1.51. The van der Waals surface area contributed by atoms with Gasteiger partial charge >= 0.3 is 0 Å². The molecule has 0 atom stereocenters. The lowest BCUT2D eigenvalue weighted by Crippen LogP contribution is -2.33. The molecule has 2 N–H and O–H groups in total. The van der Waals surface area contributed by atoms with Crippen molar-refractivity contribution in [2.24, 2.45) is 0 Å². The smallest absolute Gasteiger partial charge is 0.126 e. The van der Waals surface area contributed by atoms with Crippen molar-refractivity contribution in [1.29, 1.82) is 0 Å². The molecule has 0 saturated heterocycles. The normalized spacial score (nSPS) is 14.5. The molecule has 0 unspecified atom stereocenters. The molecule has 0 saturated carbocycles. The summed E-state index contributed by atoms with van der Waals surface area (Å²) >= 11 is 0. The first-order chi connectivity index (χ1) is 11.7. The molecule has 0 aromatic carbocycles. The topological polar surface area (TPSA) is 72.9 Å². The fourth-order valence-corrected chi connectivity index (χ4v) is 3.00. The summed E-state index contributed by atoms with van der Waals surface area (Å²) in [6.07, 6.45) is 1.80. The van der Waals surface area contributed by atoms with Gasteiger partial charge in [-0.15, -0.1) is 0 Å². The summed E-state index contributed by atoms with van der Waals surface area (Å²) < 4.78 is 2.08. The van der Waals surface area contributed by atoms with Crippen LogP contribution in [0.25, 0.3) is 11.4 Å². The minimum Gasteiger partial charge on any atom is -0.383 e. The number of anilines is 1. The van der Waals surface area contributed by atoms with Gasteiger partial charge in [-0.3, -0.25) is 14.6 Å². The lowest BCUT2D eigenvalue weighted by atomic mass is 10.2. The standard InChI is InChI=1S/C18H20N6/c1-13-5-6-14(21-18(13)19)11-23-8-9-24-15(12-23)10-17(22-24)16-4-2-3-7-20-16/h2-7,10H,8-9,11-12H2,1H3,(H2,19,21). The Bertz CT molecular complexity index is 855. The number of aryl methyl sites for hydroxylation is 1. The maximum Gasteiger partial charge on any atom is 0.126 e. The largest absolute Gasteiger partial charge is 0.383 e. The molecule has 0 spiro atoms. The highest BCUT2D eigenvalue weighted by molar-refractivity contribution is 5.54. The van der Waals surface area contributed by atoms with E-state index < -0.39 is 0 Å². The highest BCUT2D eigenvalue weighted by Crippen LogP contribution is 2.21. The maximum atomic E-state index is 5.92. The van der Waals surface area contributed by atoms with Crippen LogP contribution < -0.4 is 5.73 Å². The van der Waals surface area contributed by atoms with Crippen LogP contribution in [0.5, 0.6) is 0 Å². The number of nitrogen functional groups attached to an aromatic ring is 1. The zero-order chi connectivity index (χ0) is 16.5. The number of hydrogen-bond donors (Lipinski definition) is 1. The predicted octanol–water partition coefficient (Wildman–Crippen LogP) is 2.25. The SMILES string of the molecule is Cc1ccc(CN2CCn3nc(-c4ccccn4)cc3C2)nc1N. The minimum absolute atomic E-state index is 0.618. The van der Waals surface area contributed by atoms with E-state index >= 15 is 0 Å². The summed E-state index contributed by atoms with van der Waals surface area (Å²) in [4.78, 5) is 11.2. The van der Waals surface area contributed by atoms with Gasteiger partial charge in [0.2, 0.25) is 0 Å². The second-order valence-corrected chi connectivity index (χ2v) is 6.17. The first-order valence-corrected chi connectivity index (χ1v) is 8.11. The number of fused-ring (bicyclic) bond motifs is 1. The van der Waals surface area contributed by atoms with Crippen LogP contribution in [-0.2, 0) is 19.6 Å². The minimum atomic E-state index is 0.618. The van der Waals surface area contributed by atoms with Crippen molar-refractivity contribution in [2.45, 2.75) is 26.6 Å². The number of aromatic nitrogens is 4. The molecule has 6 nitrogen and oxygen atoms in total. The molecular weight excluding hydrogens is 300 g/mol. The molecule has 0 radical (unpaired) electrons. The van der Waals surface area contributed by atoms with Gasteiger partial charge in [0.25, 0.3) is 0 Å². The highest BCUT2D eigenvalue weighted by atomic mass is 15.3. The van der Waals surface area contributed by atoms with Crippen LogP contribution in [0.2, 0.25) is 0 Å². The zero-order valence-corrected chi connectivity index (χ0v) is 13.7. The van der Waals surface area contributed by atoms with Crippen molar-refractivity contribution in [3.05, 3.63) is 59.5 Å². The molecule has 122 valence electrons. The van der Waals surface area contributed by atoms with Crippen molar-refractivity contribution in [2.75, 3.05) is 12.3 Å². The second-order valence-electron chi connectivity index (χ2n) is 6.17. The third-order valence-corrected chi connectivity index (χ3v) is 4.38. The van der Waals surface area contributed by atoms with Gasteiger partial charge in [-0.05, 0) is 36.8 Å². The van der Waals surface area contributed by atoms with Crippen LogP contribution in [0.4, 0.5) is 5.82 Å². The monoisotopic (exact) mass is 320 g/mol. The van der Waals surface area contributed by atoms with Gasteiger partial charge < -0.3 is 5.73 Å². The van der Waals surface area contributed by atoms with Crippen molar-refractivity contribution in [3.63, 3.8) is 0 Å². The molecule has 4 rings (SSSR count). The van der Waals surface area contributed by atoms with Gasteiger partial charge in [0, 0.05) is 25.8 Å². The van der Waals surface area contributed by atoms with Crippen molar-refractivity contribution < 1.29 is 0 Å². The Morgan fingerprint density at radius 1 is 1.12 bits per heavy atom. The third kappa shape index (κ3) is 2.88. The summed E-state index contributed by atoms with van der Waals surface area (Å²) in [5.74, 6) is 0.618. The number of rotatable bonds is 3. The van der Waals surface area contributed by atoms with Crippen LogP contribution in [0, 0.1) is 6.92 Å². The average molecular weight is 320 g/mol. The van der Waals surface area contributed by atoms with Crippen LogP contribution >= 0.6 is 0 Å². The van der Waals surface area contributed by atoms with Gasteiger partial charge in [0.1, 0.15) is 11.5 Å². The van der Waals surface area contributed by atoms with Crippen LogP contribution in [-0.4, -0.2) is 31.2 Å². The van der Waals surface area contributed by atoms with E-state index in [0.29, 0.717) is 5.82 Å². The molecule has 1 aliphatic rings. The van der Waals surface area contributed by atoms with Gasteiger partial charge in [0.05, 0.1) is 23.6 Å². The molecule has 0 amide bonds. The molecular formula is C18H20N6. The van der Waals surface area contributed by atoms with Crippen LogP contribution in [0.15, 0.2) is 42.6 Å². The quantitative estimate of drug-likeness (QED) is 0.801. The summed E-state index contributed by atoms with van der Waals surface area (Å²) in [5.41, 5.74) is 11.0. The average Bonchev–Trinajstić information content (AvgIpc) is 3.02. The molecule has 4 heterocycles. The fourth-order valence-electron chi connectivity index (χ4n) is 3.00. The Kier molecular flexibility index (Phi) is 3.74. The summed E-state index contributed by atoms with van der Waals surface area (Å²) in [6.45, 7) is 5.46. The Hall–Kier alpha value is -2.73. The van der Waals surface area contributed by atoms with E-state index in [9.17, 15) is 0 Å². The number of pyridine rings is 2. The molecule has 0 fully saturated rings. The molecule has 24 heavy (non-hydrogen) atoms. The van der Waals surface area contributed by atoms with Gasteiger partial charge in [-0.25, -0.2) is 4.98 Å². The number of nitrogens with two attached hydrogens (primary N) is 1. The lowest BCUT2D eigenvalue weighted by molar-refractivity contribution is 0.203. The van der Waals surface area contributed by atoms with Crippen molar-refractivity contribution in [1.82, 2.24) is 24.6 Å². The number of nitrogens with zero attached hydrogens (tertiary/aromatic N) is 5. The zero-order valence-electron chi connectivity index (χ0n) is 13.7. The van der Waals surface area contributed by atoms with Crippen LogP contribution in [0.1, 0.15) is 17.0 Å². The third-order valence-electron chi connectivity index (χ3n) is 4.38. The van der Waals surface area contributed by atoms with E-state index in [-0.39, 0.29) is 0 Å². The van der Waals surface area contributed by atoms with E-state index in [1.54, 1.807) is 6.20 Å². The van der Waals surface area contributed by atoms with E-state index in [1.165, 1.54) is 5.69 Å². The summed E-state index contributed by atoms with van der Waals surface area (Å²) in [5, 5.41) is 4.68. The molecule has 6 heteroatoms. The Morgan fingerprint density at radius 2 is 2.04 bits per heavy atom. The molecule has 1 aliphatic heterocycles. The molecule has 3 aromatic heterocycles. The summed E-state index contributed by atoms with van der Waals surface area (Å²) in [7, 11) is 0. The van der Waals surface area contributed by atoms with Crippen molar-refractivity contribution in [3.8, 4) is 11.4 Å².